The minimum absolute atomic E-state index is 0.249. The third-order valence-corrected chi connectivity index (χ3v) is 3.96. The molecule has 0 fully saturated rings. The summed E-state index contributed by atoms with van der Waals surface area (Å²) in [5.74, 6) is 1.23. The lowest BCUT2D eigenvalue weighted by Gasteiger charge is -2.11. The predicted octanol–water partition coefficient (Wildman–Crippen LogP) is 2.34. The summed E-state index contributed by atoms with van der Waals surface area (Å²) in [5, 5.41) is 9.04. The van der Waals surface area contributed by atoms with Crippen molar-refractivity contribution < 1.29 is 13.6 Å². The number of aromatic nitrogens is 1. The molecule has 0 radical (unpaired) electrons. The summed E-state index contributed by atoms with van der Waals surface area (Å²) in [4.78, 5) is 20.4. The second-order valence-corrected chi connectivity index (χ2v) is 6.10. The molecule has 0 saturated carbocycles. The molecule has 146 valence electrons. The van der Waals surface area contributed by atoms with Crippen LogP contribution in [0.15, 0.2) is 62.8 Å². The van der Waals surface area contributed by atoms with Crippen LogP contribution in [0.25, 0.3) is 11.5 Å². The van der Waals surface area contributed by atoms with Crippen LogP contribution in [0.1, 0.15) is 21.8 Å². The van der Waals surface area contributed by atoms with Crippen molar-refractivity contribution >= 4 is 11.9 Å². The van der Waals surface area contributed by atoms with Crippen molar-refractivity contribution in [2.45, 2.75) is 13.5 Å². The Balaban J connectivity index is 1.42. The number of hydrogen-bond acceptors (Lipinski definition) is 5. The Hall–Kier alpha value is -3.55. The standard InChI is InChI=1S/C20H23N5O3/c1-14-5-7-15(8-6-14)19-25-16(13-28-19)12-24-20(21-2)23-10-9-22-18(26)17-4-3-11-27-17/h3-8,11,13H,9-10,12H2,1-2H3,(H,22,26)(H2,21,23,24). The smallest absolute Gasteiger partial charge is 0.287 e. The Morgan fingerprint density at radius 2 is 1.86 bits per heavy atom. The first kappa shape index (κ1) is 19.2. The van der Waals surface area contributed by atoms with Gasteiger partial charge in [-0.2, -0.15) is 0 Å². The molecule has 1 aromatic carbocycles. The lowest BCUT2D eigenvalue weighted by Crippen LogP contribution is -2.41. The molecule has 8 nitrogen and oxygen atoms in total. The third-order valence-electron chi connectivity index (χ3n) is 3.96. The van der Waals surface area contributed by atoms with Crippen LogP contribution in [0, 0.1) is 6.92 Å². The van der Waals surface area contributed by atoms with Gasteiger partial charge in [0.1, 0.15) is 6.26 Å². The van der Waals surface area contributed by atoms with E-state index in [1.54, 1.807) is 25.4 Å². The van der Waals surface area contributed by atoms with Crippen molar-refractivity contribution in [3.05, 3.63) is 65.9 Å². The van der Waals surface area contributed by atoms with Crippen LogP contribution in [0.5, 0.6) is 0 Å². The van der Waals surface area contributed by atoms with Gasteiger partial charge in [0.2, 0.25) is 5.89 Å². The largest absolute Gasteiger partial charge is 0.459 e. The number of rotatable bonds is 7. The molecule has 3 N–H and O–H groups in total. The molecule has 1 amide bonds. The highest BCUT2D eigenvalue weighted by atomic mass is 16.3. The Kier molecular flexibility index (Phi) is 6.46. The second-order valence-electron chi connectivity index (χ2n) is 6.10. The molecule has 0 bridgehead atoms. The molecule has 0 aliphatic heterocycles. The van der Waals surface area contributed by atoms with E-state index in [1.807, 2.05) is 31.2 Å². The van der Waals surface area contributed by atoms with Crippen LogP contribution in [-0.2, 0) is 6.54 Å². The fourth-order valence-corrected chi connectivity index (χ4v) is 2.46. The summed E-state index contributed by atoms with van der Waals surface area (Å²) in [7, 11) is 1.68. The van der Waals surface area contributed by atoms with Gasteiger partial charge in [0.25, 0.3) is 5.91 Å². The number of carbonyl (C=O) groups excluding carboxylic acids is 1. The molecular weight excluding hydrogens is 358 g/mol. The normalized spacial score (nSPS) is 11.3. The molecule has 0 aliphatic carbocycles. The molecule has 8 heteroatoms. The van der Waals surface area contributed by atoms with Gasteiger partial charge >= 0.3 is 0 Å². The molecule has 3 aromatic rings. The number of aryl methyl sites for hydroxylation is 1. The van der Waals surface area contributed by atoms with Gasteiger partial charge in [-0.05, 0) is 31.2 Å². The van der Waals surface area contributed by atoms with Crippen molar-refractivity contribution in [1.29, 1.82) is 0 Å². The zero-order valence-electron chi connectivity index (χ0n) is 15.9. The van der Waals surface area contributed by atoms with E-state index in [2.05, 4.69) is 25.9 Å². The second kappa shape index (κ2) is 9.40. The van der Waals surface area contributed by atoms with E-state index in [0.717, 1.165) is 11.3 Å². The Morgan fingerprint density at radius 3 is 2.57 bits per heavy atom. The number of nitrogens with zero attached hydrogens (tertiary/aromatic N) is 2. The van der Waals surface area contributed by atoms with E-state index >= 15 is 0 Å². The number of amides is 1. The average molecular weight is 381 g/mol. The molecular formula is C20H23N5O3. The summed E-state index contributed by atoms with van der Waals surface area (Å²) in [5.41, 5.74) is 2.89. The van der Waals surface area contributed by atoms with Gasteiger partial charge in [-0.1, -0.05) is 17.7 Å². The molecule has 3 rings (SSSR count). The minimum Gasteiger partial charge on any atom is -0.459 e. The van der Waals surface area contributed by atoms with Crippen LogP contribution < -0.4 is 16.0 Å². The average Bonchev–Trinajstić information content (AvgIpc) is 3.40. The summed E-state index contributed by atoms with van der Waals surface area (Å²) >= 11 is 0. The van der Waals surface area contributed by atoms with Crippen LogP contribution in [0.2, 0.25) is 0 Å². The van der Waals surface area contributed by atoms with E-state index in [4.69, 9.17) is 8.83 Å². The van der Waals surface area contributed by atoms with Crippen molar-refractivity contribution in [2.24, 2.45) is 4.99 Å². The highest BCUT2D eigenvalue weighted by Gasteiger charge is 2.08. The lowest BCUT2D eigenvalue weighted by molar-refractivity contribution is 0.0926. The molecule has 2 heterocycles. The van der Waals surface area contributed by atoms with Crippen LogP contribution in [0.4, 0.5) is 0 Å². The third kappa shape index (κ3) is 5.23. The van der Waals surface area contributed by atoms with Gasteiger partial charge in [-0.15, -0.1) is 0 Å². The number of benzene rings is 1. The number of guanidine groups is 1. The summed E-state index contributed by atoms with van der Waals surface area (Å²) in [6.45, 7) is 3.45. The molecule has 2 aromatic heterocycles. The van der Waals surface area contributed by atoms with Gasteiger partial charge < -0.3 is 24.8 Å². The lowest BCUT2D eigenvalue weighted by atomic mass is 10.1. The maximum atomic E-state index is 11.8. The first-order valence-electron chi connectivity index (χ1n) is 8.93. The quantitative estimate of drug-likeness (QED) is 0.330. The van der Waals surface area contributed by atoms with E-state index in [9.17, 15) is 4.79 Å². The van der Waals surface area contributed by atoms with E-state index < -0.39 is 0 Å². The van der Waals surface area contributed by atoms with Crippen molar-refractivity contribution in [3.8, 4) is 11.5 Å². The van der Waals surface area contributed by atoms with Crippen LogP contribution in [0.3, 0.4) is 0 Å². The van der Waals surface area contributed by atoms with Gasteiger partial charge in [-0.25, -0.2) is 4.98 Å². The molecule has 0 unspecified atom stereocenters. The van der Waals surface area contributed by atoms with E-state index in [0.29, 0.717) is 31.5 Å². The number of aliphatic imine (C=N–C) groups is 1. The fourth-order valence-electron chi connectivity index (χ4n) is 2.46. The Labute approximate surface area is 163 Å². The highest BCUT2D eigenvalue weighted by Crippen LogP contribution is 2.18. The fraction of sp³-hybridized carbons (Fsp3) is 0.250. The zero-order valence-corrected chi connectivity index (χ0v) is 15.9. The number of carbonyl (C=O) groups is 1. The molecule has 0 aliphatic rings. The van der Waals surface area contributed by atoms with Gasteiger partial charge in [-0.3, -0.25) is 9.79 Å². The van der Waals surface area contributed by atoms with Gasteiger partial charge in [0.15, 0.2) is 11.7 Å². The minimum atomic E-state index is -0.249. The van der Waals surface area contributed by atoms with Crippen molar-refractivity contribution in [3.63, 3.8) is 0 Å². The molecule has 0 spiro atoms. The van der Waals surface area contributed by atoms with E-state index in [-0.39, 0.29) is 11.7 Å². The number of nitrogens with one attached hydrogen (secondary N) is 3. The summed E-state index contributed by atoms with van der Waals surface area (Å²) in [6.07, 6.45) is 3.09. The van der Waals surface area contributed by atoms with Gasteiger partial charge in [0, 0.05) is 25.7 Å². The highest BCUT2D eigenvalue weighted by molar-refractivity contribution is 5.91. The molecule has 28 heavy (non-hydrogen) atoms. The van der Waals surface area contributed by atoms with Gasteiger partial charge in [0.05, 0.1) is 18.5 Å². The number of furan rings is 1. The maximum absolute atomic E-state index is 11.8. The monoisotopic (exact) mass is 381 g/mol. The van der Waals surface area contributed by atoms with Crippen molar-refractivity contribution in [1.82, 2.24) is 20.9 Å². The number of hydrogen-bond donors (Lipinski definition) is 3. The number of oxazole rings is 1. The molecule has 0 atom stereocenters. The van der Waals surface area contributed by atoms with Crippen molar-refractivity contribution in [2.75, 3.05) is 20.1 Å². The summed E-state index contributed by atoms with van der Waals surface area (Å²) in [6, 6.07) is 11.3. The SMILES string of the molecule is CN=C(NCCNC(=O)c1ccco1)NCc1coc(-c2ccc(C)cc2)n1. The zero-order chi connectivity index (χ0) is 19.8. The van der Waals surface area contributed by atoms with Crippen LogP contribution in [-0.4, -0.2) is 37.0 Å². The van der Waals surface area contributed by atoms with Crippen LogP contribution >= 0.6 is 0 Å². The first-order chi connectivity index (χ1) is 13.7. The Morgan fingerprint density at radius 1 is 1.07 bits per heavy atom. The first-order valence-corrected chi connectivity index (χ1v) is 8.93. The van der Waals surface area contributed by atoms with E-state index in [1.165, 1.54) is 11.8 Å². The topological polar surface area (TPSA) is 105 Å². The summed E-state index contributed by atoms with van der Waals surface area (Å²) < 4.78 is 10.6. The Bertz CT molecular complexity index is 914. The molecule has 0 saturated heterocycles. The maximum Gasteiger partial charge on any atom is 0.287 e. The predicted molar refractivity (Wildman–Crippen MR) is 106 cm³/mol.